The van der Waals surface area contributed by atoms with Crippen LogP contribution in [0.5, 0.6) is 0 Å². The molecule has 0 heterocycles. The Kier molecular flexibility index (Phi) is 1.52. The Balaban J connectivity index is 1.65. The molecule has 0 aromatic rings. The van der Waals surface area contributed by atoms with E-state index < -0.39 is 0 Å². The summed E-state index contributed by atoms with van der Waals surface area (Å²) < 4.78 is 0. The number of allylic oxidation sites excluding steroid dienone is 2. The van der Waals surface area contributed by atoms with E-state index in [1.165, 1.54) is 19.3 Å². The van der Waals surface area contributed by atoms with Gasteiger partial charge in [0.15, 0.2) is 0 Å². The molecule has 2 bridgehead atoms. The molecule has 3 rings (SSSR count). The average molecular weight is 177 g/mol. The fourth-order valence-electron chi connectivity index (χ4n) is 2.62. The van der Waals surface area contributed by atoms with Gasteiger partial charge in [-0.25, -0.2) is 0 Å². The van der Waals surface area contributed by atoms with Crippen LogP contribution in [0.4, 0.5) is 0 Å². The smallest absolute Gasteiger partial charge is 0.223 e. The Morgan fingerprint density at radius 1 is 1.23 bits per heavy atom. The summed E-state index contributed by atoms with van der Waals surface area (Å²) >= 11 is 0. The molecule has 1 amide bonds. The zero-order valence-electron chi connectivity index (χ0n) is 7.70. The molecule has 2 nitrogen and oxygen atoms in total. The molecule has 2 fully saturated rings. The average Bonchev–Trinajstić information content (AvgIpc) is 2.71. The largest absolute Gasteiger partial charge is 0.353 e. The summed E-state index contributed by atoms with van der Waals surface area (Å²) in [6, 6.07) is 0.524. The van der Waals surface area contributed by atoms with Crippen LogP contribution in [-0.2, 0) is 4.79 Å². The van der Waals surface area contributed by atoms with Gasteiger partial charge in [0.2, 0.25) is 5.91 Å². The predicted octanol–water partition coefficient (Wildman–Crippen LogP) is 1.48. The van der Waals surface area contributed by atoms with E-state index in [0.717, 1.165) is 6.42 Å². The number of carbonyl (C=O) groups excluding carboxylic acids is 1. The van der Waals surface area contributed by atoms with Crippen LogP contribution in [0.3, 0.4) is 0 Å². The number of carbonyl (C=O) groups is 1. The van der Waals surface area contributed by atoms with Crippen molar-refractivity contribution in [3.8, 4) is 0 Å². The number of rotatable bonds is 2. The van der Waals surface area contributed by atoms with Gasteiger partial charge in [-0.2, -0.15) is 0 Å². The molecular weight excluding hydrogens is 162 g/mol. The molecule has 1 N–H and O–H groups in total. The third kappa shape index (κ3) is 1.28. The molecule has 2 heteroatoms. The van der Waals surface area contributed by atoms with Gasteiger partial charge in [-0.15, -0.1) is 0 Å². The first-order valence-corrected chi connectivity index (χ1v) is 5.31. The second-order valence-corrected chi connectivity index (χ2v) is 4.67. The molecule has 70 valence electrons. The van der Waals surface area contributed by atoms with Crippen LogP contribution in [0, 0.1) is 17.8 Å². The first-order valence-electron chi connectivity index (χ1n) is 5.31. The molecule has 3 unspecified atom stereocenters. The minimum Gasteiger partial charge on any atom is -0.353 e. The predicted molar refractivity (Wildman–Crippen MR) is 50.0 cm³/mol. The molecule has 0 aromatic carbocycles. The quantitative estimate of drug-likeness (QED) is 0.636. The van der Waals surface area contributed by atoms with Gasteiger partial charge in [0, 0.05) is 12.0 Å². The van der Waals surface area contributed by atoms with Crippen LogP contribution in [0.25, 0.3) is 0 Å². The lowest BCUT2D eigenvalue weighted by molar-refractivity contribution is -0.125. The van der Waals surface area contributed by atoms with E-state index in [2.05, 4.69) is 17.5 Å². The number of hydrogen-bond acceptors (Lipinski definition) is 1. The molecular formula is C11H15NO. The van der Waals surface area contributed by atoms with Crippen molar-refractivity contribution in [1.29, 1.82) is 0 Å². The Bertz CT molecular complexity index is 267. The molecule has 0 aliphatic heterocycles. The van der Waals surface area contributed by atoms with Crippen molar-refractivity contribution < 1.29 is 4.79 Å². The van der Waals surface area contributed by atoms with Crippen LogP contribution in [0.2, 0.25) is 0 Å². The van der Waals surface area contributed by atoms with Crippen LogP contribution in [-0.4, -0.2) is 11.9 Å². The van der Waals surface area contributed by atoms with E-state index in [4.69, 9.17) is 0 Å². The van der Waals surface area contributed by atoms with Crippen molar-refractivity contribution in [3.63, 3.8) is 0 Å². The topological polar surface area (TPSA) is 29.1 Å². The molecule has 0 saturated heterocycles. The first-order chi connectivity index (χ1) is 6.33. The molecule has 3 aliphatic carbocycles. The molecule has 3 aliphatic rings. The fourth-order valence-corrected chi connectivity index (χ4v) is 2.62. The second kappa shape index (κ2) is 2.60. The van der Waals surface area contributed by atoms with E-state index in [1.54, 1.807) is 0 Å². The van der Waals surface area contributed by atoms with Gasteiger partial charge >= 0.3 is 0 Å². The van der Waals surface area contributed by atoms with Crippen molar-refractivity contribution >= 4 is 5.91 Å². The second-order valence-electron chi connectivity index (χ2n) is 4.67. The van der Waals surface area contributed by atoms with Crippen LogP contribution in [0.15, 0.2) is 12.2 Å². The highest BCUT2D eigenvalue weighted by Gasteiger charge is 2.40. The van der Waals surface area contributed by atoms with Crippen LogP contribution in [0.1, 0.15) is 25.7 Å². The van der Waals surface area contributed by atoms with Crippen molar-refractivity contribution in [1.82, 2.24) is 5.32 Å². The summed E-state index contributed by atoms with van der Waals surface area (Å²) in [4.78, 5) is 11.7. The van der Waals surface area contributed by atoms with Gasteiger partial charge in [-0.1, -0.05) is 12.2 Å². The number of hydrogen-bond donors (Lipinski definition) is 1. The molecule has 13 heavy (non-hydrogen) atoms. The maximum atomic E-state index is 11.7. The number of fused-ring (bicyclic) bond motifs is 2. The summed E-state index contributed by atoms with van der Waals surface area (Å²) in [7, 11) is 0. The van der Waals surface area contributed by atoms with Gasteiger partial charge in [0.1, 0.15) is 0 Å². The van der Waals surface area contributed by atoms with Crippen molar-refractivity contribution in [2.75, 3.05) is 0 Å². The van der Waals surface area contributed by atoms with Gasteiger partial charge in [-0.3, -0.25) is 4.79 Å². The molecule has 0 aromatic heterocycles. The summed E-state index contributed by atoms with van der Waals surface area (Å²) in [6.07, 6.45) is 9.24. The number of amides is 1. The Morgan fingerprint density at radius 3 is 2.62 bits per heavy atom. The molecule has 2 saturated carbocycles. The molecule has 0 spiro atoms. The van der Waals surface area contributed by atoms with E-state index in [-0.39, 0.29) is 0 Å². The summed E-state index contributed by atoms with van der Waals surface area (Å²) in [6.45, 7) is 0. The van der Waals surface area contributed by atoms with E-state index >= 15 is 0 Å². The highest BCUT2D eigenvalue weighted by Crippen LogP contribution is 2.43. The molecule has 0 radical (unpaired) electrons. The normalized spacial score (nSPS) is 41.1. The van der Waals surface area contributed by atoms with Gasteiger partial charge in [0.25, 0.3) is 0 Å². The highest BCUT2D eigenvalue weighted by molar-refractivity contribution is 5.80. The maximum absolute atomic E-state index is 11.7. The molecule has 3 atom stereocenters. The summed E-state index contributed by atoms with van der Waals surface area (Å²) in [5.41, 5.74) is 0. The van der Waals surface area contributed by atoms with Crippen molar-refractivity contribution in [3.05, 3.63) is 12.2 Å². The van der Waals surface area contributed by atoms with Gasteiger partial charge in [0.05, 0.1) is 0 Å². The highest BCUT2D eigenvalue weighted by atomic mass is 16.2. The summed E-state index contributed by atoms with van der Waals surface area (Å²) in [5.74, 6) is 1.89. The lowest BCUT2D eigenvalue weighted by Gasteiger charge is -2.17. The monoisotopic (exact) mass is 177 g/mol. The maximum Gasteiger partial charge on any atom is 0.223 e. The van der Waals surface area contributed by atoms with Crippen LogP contribution >= 0.6 is 0 Å². The third-order valence-corrected chi connectivity index (χ3v) is 3.54. The standard InChI is InChI=1S/C11H15NO/c13-11(12-9-3-4-9)10-6-7-1-2-8(10)5-7/h1-2,7-10H,3-6H2,(H,12,13). The Hall–Kier alpha value is -0.790. The summed E-state index contributed by atoms with van der Waals surface area (Å²) in [5, 5.41) is 3.11. The Morgan fingerprint density at radius 2 is 2.08 bits per heavy atom. The van der Waals surface area contributed by atoms with Gasteiger partial charge < -0.3 is 5.32 Å². The fraction of sp³-hybridized carbons (Fsp3) is 0.727. The Labute approximate surface area is 78.4 Å². The van der Waals surface area contributed by atoms with E-state index in [1.807, 2.05) is 0 Å². The zero-order chi connectivity index (χ0) is 8.84. The van der Waals surface area contributed by atoms with Crippen LogP contribution < -0.4 is 5.32 Å². The minimum atomic E-state index is 0.301. The first kappa shape index (κ1) is 7.60. The third-order valence-electron chi connectivity index (χ3n) is 3.54. The van der Waals surface area contributed by atoms with Crippen molar-refractivity contribution in [2.24, 2.45) is 17.8 Å². The lowest BCUT2D eigenvalue weighted by atomic mass is 9.93. The van der Waals surface area contributed by atoms with E-state index in [0.29, 0.717) is 29.7 Å². The SMILES string of the molecule is O=C(NC1CC1)C1CC2C=CC1C2. The minimum absolute atomic E-state index is 0.301. The zero-order valence-corrected chi connectivity index (χ0v) is 7.70. The van der Waals surface area contributed by atoms with Gasteiger partial charge in [-0.05, 0) is 37.5 Å². The number of nitrogens with one attached hydrogen (secondary N) is 1. The van der Waals surface area contributed by atoms with Crippen molar-refractivity contribution in [2.45, 2.75) is 31.7 Å². The van der Waals surface area contributed by atoms with E-state index in [9.17, 15) is 4.79 Å². The lowest BCUT2D eigenvalue weighted by Crippen LogP contribution is -2.34.